The van der Waals surface area contributed by atoms with Gasteiger partial charge in [-0.3, -0.25) is 19.7 Å². The Labute approximate surface area is 181 Å². The zero-order chi connectivity index (χ0) is 21.5. The van der Waals surface area contributed by atoms with Gasteiger partial charge in [0, 0.05) is 37.3 Å². The predicted octanol–water partition coefficient (Wildman–Crippen LogP) is 1.90. The quantitative estimate of drug-likeness (QED) is 0.740. The number of para-hydroxylation sites is 1. The minimum Gasteiger partial charge on any atom is -0.367 e. The fourth-order valence-electron chi connectivity index (χ4n) is 5.04. The van der Waals surface area contributed by atoms with Gasteiger partial charge in [-0.1, -0.05) is 30.3 Å². The molecule has 0 aliphatic carbocycles. The molecule has 1 fully saturated rings. The molecule has 2 aromatic carbocycles. The molecule has 1 saturated heterocycles. The summed E-state index contributed by atoms with van der Waals surface area (Å²) in [6.07, 6.45) is 1.66. The summed E-state index contributed by atoms with van der Waals surface area (Å²) in [6.45, 7) is 2.69. The smallest absolute Gasteiger partial charge is 0.255 e. The summed E-state index contributed by atoms with van der Waals surface area (Å²) in [5.41, 5.74) is 11.1. The van der Waals surface area contributed by atoms with Crippen LogP contribution in [0.25, 0.3) is 0 Å². The molecule has 0 aromatic heterocycles. The van der Waals surface area contributed by atoms with Crippen LogP contribution in [-0.2, 0) is 22.7 Å². The first-order valence-corrected chi connectivity index (χ1v) is 10.9. The number of fused-ring (bicyclic) bond motifs is 2. The lowest BCUT2D eigenvalue weighted by molar-refractivity contribution is -0.136. The van der Waals surface area contributed by atoms with E-state index in [4.69, 9.17) is 5.73 Å². The number of carbonyl (C=O) groups is 3. The molecule has 0 bridgehead atoms. The third kappa shape index (κ3) is 3.49. The minimum atomic E-state index is -0.580. The number of hydrogen-bond donors (Lipinski definition) is 2. The van der Waals surface area contributed by atoms with Crippen molar-refractivity contribution in [3.63, 3.8) is 0 Å². The number of piperidine rings is 1. The highest BCUT2D eigenvalue weighted by Crippen LogP contribution is 2.36. The maximum atomic E-state index is 13.1. The second-order valence-electron chi connectivity index (χ2n) is 8.59. The highest BCUT2D eigenvalue weighted by Gasteiger charge is 2.39. The Kier molecular flexibility index (Phi) is 4.98. The maximum Gasteiger partial charge on any atom is 0.255 e. The second-order valence-corrected chi connectivity index (χ2v) is 8.59. The summed E-state index contributed by atoms with van der Waals surface area (Å²) >= 11 is 0. The van der Waals surface area contributed by atoms with Crippen molar-refractivity contribution in [1.82, 2.24) is 10.2 Å². The summed E-state index contributed by atoms with van der Waals surface area (Å²) in [7, 11) is 0. The molecule has 7 heteroatoms. The van der Waals surface area contributed by atoms with Crippen molar-refractivity contribution in [3.05, 3.63) is 64.7 Å². The maximum absolute atomic E-state index is 13.1. The molecule has 160 valence electrons. The number of carbonyl (C=O) groups excluding carboxylic acids is 3. The molecule has 3 amide bonds. The van der Waals surface area contributed by atoms with Crippen molar-refractivity contribution in [3.8, 4) is 0 Å². The molecule has 3 aliphatic heterocycles. The van der Waals surface area contributed by atoms with E-state index >= 15 is 0 Å². The van der Waals surface area contributed by atoms with Crippen molar-refractivity contribution >= 4 is 23.4 Å². The van der Waals surface area contributed by atoms with Crippen molar-refractivity contribution in [2.45, 2.75) is 44.3 Å². The van der Waals surface area contributed by atoms with Crippen LogP contribution in [0.4, 0.5) is 5.69 Å². The lowest BCUT2D eigenvalue weighted by Gasteiger charge is -2.35. The first-order chi connectivity index (χ1) is 15.0. The number of amides is 3. The Morgan fingerprint density at radius 2 is 1.90 bits per heavy atom. The Morgan fingerprint density at radius 3 is 2.71 bits per heavy atom. The van der Waals surface area contributed by atoms with E-state index in [1.807, 2.05) is 12.1 Å². The molecule has 0 radical (unpaired) electrons. The zero-order valence-corrected chi connectivity index (χ0v) is 17.3. The number of nitrogens with two attached hydrogens (primary N) is 1. The van der Waals surface area contributed by atoms with Gasteiger partial charge in [0.2, 0.25) is 11.8 Å². The second kappa shape index (κ2) is 7.81. The molecular weight excluding hydrogens is 392 g/mol. The topological polar surface area (TPSA) is 95.7 Å². The van der Waals surface area contributed by atoms with Crippen LogP contribution >= 0.6 is 0 Å². The van der Waals surface area contributed by atoms with Crippen molar-refractivity contribution in [1.29, 1.82) is 0 Å². The summed E-state index contributed by atoms with van der Waals surface area (Å²) in [5.74, 6) is -0.395. The minimum absolute atomic E-state index is 0.131. The molecule has 2 aromatic rings. The highest BCUT2D eigenvalue weighted by molar-refractivity contribution is 6.05. The van der Waals surface area contributed by atoms with E-state index < -0.39 is 6.04 Å². The number of benzene rings is 2. The SMILES string of the molecule is NCC1CCN(Cc2ccc3c(c2)C(=O)N(C2CCC(=O)NC2=O)C3)c2ccccc21. The van der Waals surface area contributed by atoms with E-state index in [0.717, 1.165) is 24.1 Å². The van der Waals surface area contributed by atoms with E-state index in [1.54, 1.807) is 4.90 Å². The van der Waals surface area contributed by atoms with Crippen molar-refractivity contribution in [2.24, 2.45) is 5.73 Å². The van der Waals surface area contributed by atoms with E-state index in [-0.39, 0.29) is 24.1 Å². The van der Waals surface area contributed by atoms with Gasteiger partial charge in [0.1, 0.15) is 6.04 Å². The van der Waals surface area contributed by atoms with Gasteiger partial charge in [0.05, 0.1) is 0 Å². The average Bonchev–Trinajstić information content (AvgIpc) is 3.10. The fraction of sp³-hybridized carbons (Fsp3) is 0.375. The van der Waals surface area contributed by atoms with Crippen LogP contribution < -0.4 is 16.0 Å². The molecule has 0 saturated carbocycles. The first kappa shape index (κ1) is 19.8. The van der Waals surface area contributed by atoms with Gasteiger partial charge in [-0.25, -0.2) is 0 Å². The standard InChI is InChI=1S/C24H26N4O3/c25-12-16-9-10-27(20-4-2-1-3-18(16)20)13-15-5-6-17-14-28(24(31)19(17)11-15)21-7-8-22(29)26-23(21)30/h1-6,11,16,21H,7-10,12-14,25H2,(H,26,29,30). The molecule has 2 unspecified atom stereocenters. The van der Waals surface area contributed by atoms with E-state index in [2.05, 4.69) is 40.5 Å². The van der Waals surface area contributed by atoms with Gasteiger partial charge in [0.25, 0.3) is 5.91 Å². The van der Waals surface area contributed by atoms with Crippen LogP contribution in [0, 0.1) is 0 Å². The largest absolute Gasteiger partial charge is 0.367 e. The Hall–Kier alpha value is -3.19. The average molecular weight is 418 g/mol. The Balaban J connectivity index is 1.36. The van der Waals surface area contributed by atoms with E-state index in [0.29, 0.717) is 37.5 Å². The van der Waals surface area contributed by atoms with Crippen molar-refractivity contribution in [2.75, 3.05) is 18.0 Å². The van der Waals surface area contributed by atoms with Crippen LogP contribution in [0.5, 0.6) is 0 Å². The monoisotopic (exact) mass is 418 g/mol. The molecule has 3 aliphatic rings. The number of nitrogens with one attached hydrogen (secondary N) is 1. The third-order valence-corrected chi connectivity index (χ3v) is 6.72. The van der Waals surface area contributed by atoms with Gasteiger partial charge in [0.15, 0.2) is 0 Å². The summed E-state index contributed by atoms with van der Waals surface area (Å²) in [4.78, 5) is 40.7. The van der Waals surface area contributed by atoms with Crippen LogP contribution in [0.1, 0.15) is 52.2 Å². The predicted molar refractivity (Wildman–Crippen MR) is 116 cm³/mol. The molecule has 2 atom stereocenters. The zero-order valence-electron chi connectivity index (χ0n) is 17.3. The van der Waals surface area contributed by atoms with Crippen LogP contribution in [0.3, 0.4) is 0 Å². The Bertz CT molecular complexity index is 1070. The Morgan fingerprint density at radius 1 is 1.06 bits per heavy atom. The molecular formula is C24H26N4O3. The third-order valence-electron chi connectivity index (χ3n) is 6.72. The fourth-order valence-corrected chi connectivity index (χ4v) is 5.04. The molecule has 31 heavy (non-hydrogen) atoms. The van der Waals surface area contributed by atoms with Crippen LogP contribution in [0.15, 0.2) is 42.5 Å². The molecule has 7 nitrogen and oxygen atoms in total. The lowest BCUT2D eigenvalue weighted by atomic mass is 9.89. The molecule has 0 spiro atoms. The molecule has 5 rings (SSSR count). The molecule has 3 heterocycles. The number of hydrogen-bond acceptors (Lipinski definition) is 5. The molecule has 3 N–H and O–H groups in total. The number of nitrogens with zero attached hydrogens (tertiary/aromatic N) is 2. The summed E-state index contributed by atoms with van der Waals surface area (Å²) in [5, 5.41) is 2.35. The van der Waals surface area contributed by atoms with Gasteiger partial charge < -0.3 is 15.5 Å². The number of rotatable bonds is 4. The normalized spacial score (nSPS) is 22.9. The van der Waals surface area contributed by atoms with E-state index in [9.17, 15) is 14.4 Å². The lowest BCUT2D eigenvalue weighted by Crippen LogP contribution is -2.52. The first-order valence-electron chi connectivity index (χ1n) is 10.9. The van der Waals surface area contributed by atoms with Gasteiger partial charge in [-0.05, 0) is 54.1 Å². The van der Waals surface area contributed by atoms with Gasteiger partial charge in [-0.2, -0.15) is 0 Å². The summed E-state index contributed by atoms with van der Waals surface area (Å²) < 4.78 is 0. The number of anilines is 1. The van der Waals surface area contributed by atoms with Gasteiger partial charge >= 0.3 is 0 Å². The number of imide groups is 1. The van der Waals surface area contributed by atoms with Crippen molar-refractivity contribution < 1.29 is 14.4 Å². The van der Waals surface area contributed by atoms with E-state index in [1.165, 1.54) is 11.3 Å². The van der Waals surface area contributed by atoms with Crippen LogP contribution in [0.2, 0.25) is 0 Å². The summed E-state index contributed by atoms with van der Waals surface area (Å²) in [6, 6.07) is 13.8. The highest BCUT2D eigenvalue weighted by atomic mass is 16.2. The van der Waals surface area contributed by atoms with Crippen LogP contribution in [-0.4, -0.2) is 41.8 Å². The van der Waals surface area contributed by atoms with Gasteiger partial charge in [-0.15, -0.1) is 0 Å².